The molecule has 0 spiro atoms. The number of nitrogens with one attached hydrogen (secondary N) is 1. The van der Waals surface area contributed by atoms with Crippen molar-refractivity contribution in [3.05, 3.63) is 28.2 Å². The summed E-state index contributed by atoms with van der Waals surface area (Å²) in [6.07, 6.45) is 0.0322. The molecule has 1 fully saturated rings. The Kier molecular flexibility index (Phi) is 4.06. The number of anilines is 1. The minimum Gasteiger partial charge on any atom is -0.478 e. The normalized spacial score (nSPS) is 18.4. The number of hydrogen-bond donors (Lipinski definition) is 3. The van der Waals surface area contributed by atoms with Crippen LogP contribution in [0.2, 0.25) is 0 Å². The largest absolute Gasteiger partial charge is 0.478 e. The highest BCUT2D eigenvalue weighted by Gasteiger charge is 2.25. The number of urea groups is 1. The molecule has 2 amide bonds. The van der Waals surface area contributed by atoms with E-state index in [1.807, 2.05) is 0 Å². The first-order valence-electron chi connectivity index (χ1n) is 5.74. The zero-order valence-corrected chi connectivity index (χ0v) is 11.6. The average Bonchev–Trinajstić information content (AvgIpc) is 2.75. The van der Waals surface area contributed by atoms with Crippen LogP contribution in [0, 0.1) is 0 Å². The average molecular weight is 329 g/mol. The fraction of sp³-hybridized carbons (Fsp3) is 0.333. The van der Waals surface area contributed by atoms with Crippen molar-refractivity contribution in [3.63, 3.8) is 0 Å². The summed E-state index contributed by atoms with van der Waals surface area (Å²) in [6.45, 7) is 0.728. The molecular weight excluding hydrogens is 316 g/mol. The van der Waals surface area contributed by atoms with E-state index in [1.54, 1.807) is 6.07 Å². The maximum atomic E-state index is 11.9. The summed E-state index contributed by atoms with van der Waals surface area (Å²) in [5, 5.41) is 21.0. The van der Waals surface area contributed by atoms with Gasteiger partial charge in [-0.05, 0) is 24.6 Å². The molecule has 1 atom stereocenters. The Hall–Kier alpha value is -1.60. The molecule has 1 saturated heterocycles. The SMILES string of the molecule is O=C(O)c1ccc(Br)cc1NC(=O)N1CCC(O)C1. The first-order chi connectivity index (χ1) is 8.97. The van der Waals surface area contributed by atoms with Gasteiger partial charge in [0.25, 0.3) is 0 Å². The van der Waals surface area contributed by atoms with Crippen LogP contribution in [0.4, 0.5) is 10.5 Å². The van der Waals surface area contributed by atoms with Gasteiger partial charge in [-0.1, -0.05) is 15.9 Å². The van der Waals surface area contributed by atoms with Crippen molar-refractivity contribution in [3.8, 4) is 0 Å². The maximum Gasteiger partial charge on any atom is 0.337 e. The van der Waals surface area contributed by atoms with E-state index in [4.69, 9.17) is 5.11 Å². The predicted molar refractivity (Wildman–Crippen MR) is 72.3 cm³/mol. The van der Waals surface area contributed by atoms with E-state index >= 15 is 0 Å². The summed E-state index contributed by atoms with van der Waals surface area (Å²) in [5.74, 6) is -1.11. The second kappa shape index (κ2) is 5.58. The van der Waals surface area contributed by atoms with E-state index in [-0.39, 0.29) is 17.8 Å². The van der Waals surface area contributed by atoms with Crippen molar-refractivity contribution < 1.29 is 19.8 Å². The van der Waals surface area contributed by atoms with Crippen LogP contribution in [0.1, 0.15) is 16.8 Å². The van der Waals surface area contributed by atoms with Gasteiger partial charge in [0, 0.05) is 17.6 Å². The summed E-state index contributed by atoms with van der Waals surface area (Å²) < 4.78 is 0.675. The third-order valence-corrected chi connectivity index (χ3v) is 3.40. The van der Waals surface area contributed by atoms with Gasteiger partial charge in [-0.2, -0.15) is 0 Å². The van der Waals surface area contributed by atoms with Gasteiger partial charge in [0.15, 0.2) is 0 Å². The molecule has 1 heterocycles. The Morgan fingerprint density at radius 1 is 1.42 bits per heavy atom. The van der Waals surface area contributed by atoms with Crippen LogP contribution in [0.25, 0.3) is 0 Å². The number of likely N-dealkylation sites (tertiary alicyclic amines) is 1. The minimum atomic E-state index is -1.11. The number of β-amino-alcohol motifs (C(OH)–C–C–N with tert-alkyl or cyclic N) is 1. The standard InChI is InChI=1S/C12H13BrN2O4/c13-7-1-2-9(11(17)18)10(5-7)14-12(19)15-4-3-8(16)6-15/h1-2,5,8,16H,3-4,6H2,(H,14,19)(H,17,18). The van der Waals surface area contributed by atoms with Crippen LogP contribution >= 0.6 is 15.9 Å². The molecule has 1 aliphatic heterocycles. The molecule has 1 aromatic rings. The fourth-order valence-electron chi connectivity index (χ4n) is 1.93. The monoisotopic (exact) mass is 328 g/mol. The Morgan fingerprint density at radius 3 is 2.74 bits per heavy atom. The molecule has 1 aromatic carbocycles. The van der Waals surface area contributed by atoms with E-state index in [1.165, 1.54) is 17.0 Å². The summed E-state index contributed by atoms with van der Waals surface area (Å²) in [4.78, 5) is 24.5. The van der Waals surface area contributed by atoms with Crippen LogP contribution in [-0.4, -0.2) is 46.3 Å². The first kappa shape index (κ1) is 13.8. The van der Waals surface area contributed by atoms with E-state index < -0.39 is 18.1 Å². The molecule has 0 aromatic heterocycles. The number of halogens is 1. The molecule has 0 radical (unpaired) electrons. The molecule has 2 rings (SSSR count). The number of aliphatic hydroxyl groups excluding tert-OH is 1. The third kappa shape index (κ3) is 3.24. The number of carboxylic acid groups (broad SMARTS) is 1. The fourth-order valence-corrected chi connectivity index (χ4v) is 2.29. The minimum absolute atomic E-state index is 0.0243. The van der Waals surface area contributed by atoms with Gasteiger partial charge in [0.1, 0.15) is 0 Å². The smallest absolute Gasteiger partial charge is 0.337 e. The molecule has 3 N–H and O–H groups in total. The van der Waals surface area contributed by atoms with Crippen LogP contribution in [0.3, 0.4) is 0 Å². The van der Waals surface area contributed by atoms with Crippen molar-refractivity contribution in [2.45, 2.75) is 12.5 Å². The number of benzene rings is 1. The van der Waals surface area contributed by atoms with Gasteiger partial charge in [0.2, 0.25) is 0 Å². The quantitative estimate of drug-likeness (QED) is 0.771. The molecule has 0 saturated carbocycles. The lowest BCUT2D eigenvalue weighted by atomic mass is 10.2. The summed E-state index contributed by atoms with van der Waals surface area (Å²) >= 11 is 3.23. The molecular formula is C12H13BrN2O4. The zero-order chi connectivity index (χ0) is 14.0. The second-order valence-corrected chi connectivity index (χ2v) is 5.23. The van der Waals surface area contributed by atoms with Gasteiger partial charge in [-0.15, -0.1) is 0 Å². The topological polar surface area (TPSA) is 89.9 Å². The number of nitrogens with zero attached hydrogens (tertiary/aromatic N) is 1. The highest BCUT2D eigenvalue weighted by Crippen LogP contribution is 2.22. The molecule has 0 bridgehead atoms. The number of rotatable bonds is 2. The van der Waals surface area contributed by atoms with Crippen LogP contribution in [-0.2, 0) is 0 Å². The summed E-state index contributed by atoms with van der Waals surface area (Å²) in [7, 11) is 0. The second-order valence-electron chi connectivity index (χ2n) is 4.31. The first-order valence-corrected chi connectivity index (χ1v) is 6.53. The number of carbonyl (C=O) groups is 2. The van der Waals surface area contributed by atoms with Crippen LogP contribution in [0.15, 0.2) is 22.7 Å². The number of carboxylic acids is 1. The van der Waals surface area contributed by atoms with Crippen molar-refractivity contribution >= 4 is 33.6 Å². The number of aromatic carboxylic acids is 1. The Bertz CT molecular complexity index is 520. The van der Waals surface area contributed by atoms with Crippen molar-refractivity contribution in [1.29, 1.82) is 0 Å². The predicted octanol–water partition coefficient (Wildman–Crippen LogP) is 1.75. The highest BCUT2D eigenvalue weighted by atomic mass is 79.9. The van der Waals surface area contributed by atoms with Crippen molar-refractivity contribution in [2.24, 2.45) is 0 Å². The summed E-state index contributed by atoms with van der Waals surface area (Å²) in [6, 6.07) is 4.14. The van der Waals surface area contributed by atoms with Gasteiger partial charge >= 0.3 is 12.0 Å². The Labute approximate surface area is 118 Å². The van der Waals surface area contributed by atoms with E-state index in [0.29, 0.717) is 17.4 Å². The molecule has 0 aliphatic carbocycles. The molecule has 7 heteroatoms. The van der Waals surface area contributed by atoms with Gasteiger partial charge in [0.05, 0.1) is 17.4 Å². The lowest BCUT2D eigenvalue weighted by Crippen LogP contribution is -2.34. The molecule has 19 heavy (non-hydrogen) atoms. The molecule has 1 unspecified atom stereocenters. The number of carbonyl (C=O) groups excluding carboxylic acids is 1. The summed E-state index contributed by atoms with van der Waals surface area (Å²) in [5.41, 5.74) is 0.254. The van der Waals surface area contributed by atoms with Gasteiger partial charge < -0.3 is 20.4 Å². The van der Waals surface area contributed by atoms with E-state index in [2.05, 4.69) is 21.2 Å². The van der Waals surface area contributed by atoms with Gasteiger partial charge in [-0.25, -0.2) is 9.59 Å². The molecule has 1 aliphatic rings. The van der Waals surface area contributed by atoms with Crippen molar-refractivity contribution in [2.75, 3.05) is 18.4 Å². The van der Waals surface area contributed by atoms with Gasteiger partial charge in [-0.3, -0.25) is 0 Å². The van der Waals surface area contributed by atoms with E-state index in [9.17, 15) is 14.7 Å². The highest BCUT2D eigenvalue weighted by molar-refractivity contribution is 9.10. The number of aliphatic hydroxyl groups is 1. The number of amides is 2. The zero-order valence-electron chi connectivity index (χ0n) is 9.97. The lowest BCUT2D eigenvalue weighted by Gasteiger charge is -2.17. The number of hydrogen-bond acceptors (Lipinski definition) is 3. The van der Waals surface area contributed by atoms with Crippen LogP contribution in [0.5, 0.6) is 0 Å². The Balaban J connectivity index is 2.16. The maximum absolute atomic E-state index is 11.9. The molecule has 6 nitrogen and oxygen atoms in total. The van der Waals surface area contributed by atoms with E-state index in [0.717, 1.165) is 0 Å². The van der Waals surface area contributed by atoms with Crippen LogP contribution < -0.4 is 5.32 Å². The Morgan fingerprint density at radius 2 is 2.16 bits per heavy atom. The molecule has 102 valence electrons. The third-order valence-electron chi connectivity index (χ3n) is 2.90. The lowest BCUT2D eigenvalue weighted by molar-refractivity contribution is 0.0698. The van der Waals surface area contributed by atoms with Crippen molar-refractivity contribution in [1.82, 2.24) is 4.90 Å².